The maximum atomic E-state index is 10.3. The number of carbonyl (C=O) groups is 1. The number of aliphatic carboxylic acids is 1. The Kier molecular flexibility index (Phi) is 16.1. The van der Waals surface area contributed by atoms with Gasteiger partial charge in [0.15, 0.2) is 0 Å². The summed E-state index contributed by atoms with van der Waals surface area (Å²) in [7, 11) is 0. The molecule has 0 aliphatic rings. The Hall–Kier alpha value is -1.91. The molecule has 2 N–H and O–H groups in total. The zero-order valence-corrected chi connectivity index (χ0v) is 14.5. The predicted molar refractivity (Wildman–Crippen MR) is 98.8 cm³/mol. The summed E-state index contributed by atoms with van der Waals surface area (Å²) in [5, 5.41) is 17.3. The van der Waals surface area contributed by atoms with Crippen LogP contribution in [0.1, 0.15) is 51.9 Å². The number of hydrogen-bond donors (Lipinski definition) is 2. The number of allylic oxidation sites excluding steroid dienone is 8. The highest BCUT2D eigenvalue weighted by Crippen LogP contribution is 2.02. The van der Waals surface area contributed by atoms with Crippen molar-refractivity contribution in [3.05, 3.63) is 60.8 Å². The van der Waals surface area contributed by atoms with Crippen LogP contribution in [-0.2, 0) is 9.68 Å². The summed E-state index contributed by atoms with van der Waals surface area (Å²) in [5.41, 5.74) is 0. The van der Waals surface area contributed by atoms with E-state index in [9.17, 15) is 4.79 Å². The van der Waals surface area contributed by atoms with Gasteiger partial charge in [-0.05, 0) is 38.5 Å². The Morgan fingerprint density at radius 2 is 1.71 bits per heavy atom. The minimum Gasteiger partial charge on any atom is -0.481 e. The molecule has 0 bridgehead atoms. The summed E-state index contributed by atoms with van der Waals surface area (Å²) in [5.74, 6) is -0.738. The first kappa shape index (κ1) is 22.1. The van der Waals surface area contributed by atoms with Crippen molar-refractivity contribution in [3.63, 3.8) is 0 Å². The van der Waals surface area contributed by atoms with Crippen molar-refractivity contribution in [2.24, 2.45) is 0 Å². The molecule has 24 heavy (non-hydrogen) atoms. The highest BCUT2D eigenvalue weighted by molar-refractivity contribution is 5.66. The van der Waals surface area contributed by atoms with Crippen LogP contribution in [-0.4, -0.2) is 22.4 Å². The Morgan fingerprint density at radius 3 is 2.38 bits per heavy atom. The molecule has 0 aromatic carbocycles. The summed E-state index contributed by atoms with van der Waals surface area (Å²) in [6.45, 7) is 2.06. The van der Waals surface area contributed by atoms with Gasteiger partial charge in [0.05, 0.1) is 0 Å². The minimum absolute atomic E-state index is 0.232. The second-order valence-electron chi connectivity index (χ2n) is 5.27. The molecule has 4 heteroatoms. The van der Waals surface area contributed by atoms with Crippen molar-refractivity contribution >= 4 is 5.97 Å². The van der Waals surface area contributed by atoms with Crippen LogP contribution in [0.2, 0.25) is 0 Å². The predicted octanol–water partition coefficient (Wildman–Crippen LogP) is 5.46. The van der Waals surface area contributed by atoms with Crippen molar-refractivity contribution in [2.45, 2.75) is 58.0 Å². The lowest BCUT2D eigenvalue weighted by molar-refractivity contribution is -0.264. The van der Waals surface area contributed by atoms with E-state index in [1.807, 2.05) is 42.5 Å². The standard InChI is InChI=1S/C20H30O4/c1-2-3-13-16-19(24-23)17-14-11-9-7-5-4-6-8-10-12-15-18-20(21)22/h3-5,8-11,13-14,17,19,23H,2,6-7,12,15-16,18H2,1H3,(H,21,22)/b5-4-,10-8-,11-9-,13-3-,17-14+/t19-/m0/s1. The first-order chi connectivity index (χ1) is 11.7. The van der Waals surface area contributed by atoms with Crippen molar-refractivity contribution in [1.29, 1.82) is 0 Å². The van der Waals surface area contributed by atoms with Gasteiger partial charge < -0.3 is 5.11 Å². The molecular formula is C20H30O4. The van der Waals surface area contributed by atoms with E-state index in [0.29, 0.717) is 12.8 Å². The lowest BCUT2D eigenvalue weighted by atomic mass is 10.2. The van der Waals surface area contributed by atoms with E-state index in [-0.39, 0.29) is 12.5 Å². The van der Waals surface area contributed by atoms with E-state index < -0.39 is 5.97 Å². The van der Waals surface area contributed by atoms with Crippen molar-refractivity contribution < 1.29 is 20.0 Å². The molecule has 0 saturated carbocycles. The Balaban J connectivity index is 3.75. The molecule has 4 nitrogen and oxygen atoms in total. The monoisotopic (exact) mass is 334 g/mol. The van der Waals surface area contributed by atoms with Gasteiger partial charge in [-0.25, -0.2) is 4.89 Å². The molecule has 134 valence electrons. The van der Waals surface area contributed by atoms with Crippen molar-refractivity contribution in [3.8, 4) is 0 Å². The fourth-order valence-electron chi connectivity index (χ4n) is 1.83. The first-order valence-electron chi connectivity index (χ1n) is 8.51. The van der Waals surface area contributed by atoms with Crippen LogP contribution >= 0.6 is 0 Å². The molecule has 0 fully saturated rings. The van der Waals surface area contributed by atoms with Crippen LogP contribution in [0.4, 0.5) is 0 Å². The van der Waals surface area contributed by atoms with Gasteiger partial charge in [0.2, 0.25) is 0 Å². The fraction of sp³-hybridized carbons (Fsp3) is 0.450. The van der Waals surface area contributed by atoms with E-state index in [0.717, 1.165) is 25.7 Å². The molecule has 0 unspecified atom stereocenters. The molecule has 0 saturated heterocycles. The number of hydrogen-bond acceptors (Lipinski definition) is 3. The smallest absolute Gasteiger partial charge is 0.303 e. The maximum Gasteiger partial charge on any atom is 0.303 e. The summed E-state index contributed by atoms with van der Waals surface area (Å²) in [4.78, 5) is 14.7. The summed E-state index contributed by atoms with van der Waals surface area (Å²) < 4.78 is 0. The van der Waals surface area contributed by atoms with Crippen LogP contribution in [0.15, 0.2) is 60.8 Å². The molecule has 0 aromatic rings. The molecule has 0 aromatic heterocycles. The second-order valence-corrected chi connectivity index (χ2v) is 5.27. The highest BCUT2D eigenvalue weighted by atomic mass is 17.1. The van der Waals surface area contributed by atoms with Gasteiger partial charge in [-0.15, -0.1) is 0 Å². The molecular weight excluding hydrogens is 304 g/mol. The second kappa shape index (κ2) is 17.4. The van der Waals surface area contributed by atoms with Gasteiger partial charge in [0, 0.05) is 6.42 Å². The summed E-state index contributed by atoms with van der Waals surface area (Å²) in [6.07, 6.45) is 24.7. The van der Waals surface area contributed by atoms with Gasteiger partial charge in [-0.1, -0.05) is 67.7 Å². The third kappa shape index (κ3) is 16.5. The van der Waals surface area contributed by atoms with Crippen LogP contribution in [0.3, 0.4) is 0 Å². The SMILES string of the molecule is CC/C=C\C[C@@H](/C=C/C=C\C/C=C\C/C=C\CCCC(=O)O)OO. The van der Waals surface area contributed by atoms with E-state index in [1.165, 1.54) is 0 Å². The van der Waals surface area contributed by atoms with Gasteiger partial charge in [-0.3, -0.25) is 10.1 Å². The molecule has 0 radical (unpaired) electrons. The van der Waals surface area contributed by atoms with E-state index in [2.05, 4.69) is 30.0 Å². The lowest BCUT2D eigenvalue weighted by Crippen LogP contribution is -2.04. The molecule has 0 aliphatic carbocycles. The Morgan fingerprint density at radius 1 is 1.00 bits per heavy atom. The highest BCUT2D eigenvalue weighted by Gasteiger charge is 1.99. The number of rotatable bonds is 14. The lowest BCUT2D eigenvalue weighted by Gasteiger charge is -2.03. The normalized spacial score (nSPS) is 14.1. The third-order valence-electron chi connectivity index (χ3n) is 3.12. The van der Waals surface area contributed by atoms with Crippen molar-refractivity contribution in [1.82, 2.24) is 0 Å². The van der Waals surface area contributed by atoms with E-state index in [1.54, 1.807) is 0 Å². The van der Waals surface area contributed by atoms with Crippen LogP contribution in [0.5, 0.6) is 0 Å². The third-order valence-corrected chi connectivity index (χ3v) is 3.12. The topological polar surface area (TPSA) is 66.8 Å². The number of carboxylic acid groups (broad SMARTS) is 1. The summed E-state index contributed by atoms with van der Waals surface area (Å²) in [6, 6.07) is 0. The van der Waals surface area contributed by atoms with Crippen LogP contribution in [0, 0.1) is 0 Å². The van der Waals surface area contributed by atoms with Gasteiger partial charge in [-0.2, -0.15) is 0 Å². The van der Waals surface area contributed by atoms with Crippen LogP contribution in [0.25, 0.3) is 0 Å². The molecule has 0 amide bonds. The summed E-state index contributed by atoms with van der Waals surface area (Å²) >= 11 is 0. The minimum atomic E-state index is -0.738. The van der Waals surface area contributed by atoms with E-state index in [4.69, 9.17) is 10.4 Å². The molecule has 0 rings (SSSR count). The average Bonchev–Trinajstić information content (AvgIpc) is 2.57. The zero-order chi connectivity index (χ0) is 17.9. The average molecular weight is 334 g/mol. The van der Waals surface area contributed by atoms with Gasteiger partial charge >= 0.3 is 5.97 Å². The Bertz CT molecular complexity index is 445. The Labute approximate surface area is 145 Å². The zero-order valence-electron chi connectivity index (χ0n) is 14.5. The molecule has 0 heterocycles. The van der Waals surface area contributed by atoms with Gasteiger partial charge in [0.25, 0.3) is 0 Å². The number of carboxylic acids is 1. The quantitative estimate of drug-likeness (QED) is 0.145. The molecule has 0 spiro atoms. The number of unbranched alkanes of at least 4 members (excludes halogenated alkanes) is 1. The van der Waals surface area contributed by atoms with E-state index >= 15 is 0 Å². The fourth-order valence-corrected chi connectivity index (χ4v) is 1.83. The molecule has 1 atom stereocenters. The largest absolute Gasteiger partial charge is 0.481 e. The maximum absolute atomic E-state index is 10.3. The van der Waals surface area contributed by atoms with Crippen LogP contribution < -0.4 is 0 Å². The molecule has 0 aliphatic heterocycles. The van der Waals surface area contributed by atoms with Gasteiger partial charge in [0.1, 0.15) is 6.10 Å². The van der Waals surface area contributed by atoms with Crippen molar-refractivity contribution in [2.75, 3.05) is 0 Å². The first-order valence-corrected chi connectivity index (χ1v) is 8.51.